The summed E-state index contributed by atoms with van der Waals surface area (Å²) in [7, 11) is 0. The molecule has 1 rings (SSSR count). The number of anilines is 1. The molecule has 8 heteroatoms. The van der Waals surface area contributed by atoms with Crippen LogP contribution in [0.5, 0.6) is 5.88 Å². The van der Waals surface area contributed by atoms with Crippen LogP contribution in [0.2, 0.25) is 0 Å². The first kappa shape index (κ1) is 11.5. The maximum absolute atomic E-state index is 12.1. The summed E-state index contributed by atoms with van der Waals surface area (Å²) in [6.07, 6.45) is -7.82. The van der Waals surface area contributed by atoms with Crippen molar-refractivity contribution in [1.82, 2.24) is 4.98 Å². The van der Waals surface area contributed by atoms with E-state index in [1.54, 1.807) is 0 Å². The van der Waals surface area contributed by atoms with Crippen molar-refractivity contribution in [3.8, 4) is 5.88 Å². The van der Waals surface area contributed by atoms with Crippen LogP contribution in [-0.4, -0.2) is 11.3 Å². The molecule has 15 heavy (non-hydrogen) atoms. The normalized spacial score (nSPS) is 11.9. The van der Waals surface area contributed by atoms with Crippen LogP contribution in [0.15, 0.2) is 12.1 Å². The van der Waals surface area contributed by atoms with E-state index in [9.17, 15) is 22.0 Å². The quantitative estimate of drug-likeness (QED) is 0.791. The minimum atomic E-state index is -4.92. The average Bonchev–Trinajstić information content (AvgIpc) is 1.99. The van der Waals surface area contributed by atoms with Crippen molar-refractivity contribution in [2.75, 3.05) is 5.73 Å². The second kappa shape index (κ2) is 3.87. The highest BCUT2D eigenvalue weighted by Crippen LogP contribution is 2.27. The minimum absolute atomic E-state index is 0.635. The van der Waals surface area contributed by atoms with Gasteiger partial charge in [-0.1, -0.05) is 0 Å². The number of alkyl halides is 5. The molecule has 1 heterocycles. The number of halogens is 5. The Morgan fingerprint density at radius 3 is 2.27 bits per heavy atom. The van der Waals surface area contributed by atoms with Crippen molar-refractivity contribution in [2.45, 2.75) is 12.8 Å². The van der Waals surface area contributed by atoms with Gasteiger partial charge in [-0.25, -0.2) is 8.78 Å². The number of nitrogens with zero attached hydrogens (tertiary/aromatic N) is 1. The minimum Gasteiger partial charge on any atom is -0.388 e. The lowest BCUT2D eigenvalue weighted by molar-refractivity contribution is -0.276. The maximum atomic E-state index is 12.1. The predicted octanol–water partition coefficient (Wildman–Crippen LogP) is 2.50. The fourth-order valence-electron chi connectivity index (χ4n) is 0.827. The number of hydrogen-bond acceptors (Lipinski definition) is 3. The van der Waals surface area contributed by atoms with Crippen LogP contribution in [-0.2, 0) is 0 Å². The summed E-state index contributed by atoms with van der Waals surface area (Å²) >= 11 is 0. The number of pyridine rings is 1. The van der Waals surface area contributed by atoms with Gasteiger partial charge in [-0.15, -0.1) is 13.2 Å². The smallest absolute Gasteiger partial charge is 0.388 e. The first-order valence-corrected chi connectivity index (χ1v) is 3.60. The van der Waals surface area contributed by atoms with E-state index in [1.165, 1.54) is 0 Å². The van der Waals surface area contributed by atoms with Crippen molar-refractivity contribution < 1.29 is 26.7 Å². The third-order valence-corrected chi connectivity index (χ3v) is 1.39. The molecule has 1 aromatic heterocycles. The van der Waals surface area contributed by atoms with Gasteiger partial charge in [0.05, 0.1) is 5.56 Å². The van der Waals surface area contributed by atoms with Crippen molar-refractivity contribution in [3.05, 3.63) is 17.7 Å². The third-order valence-electron chi connectivity index (χ3n) is 1.39. The van der Waals surface area contributed by atoms with Crippen LogP contribution in [0.4, 0.5) is 27.8 Å². The summed E-state index contributed by atoms with van der Waals surface area (Å²) < 4.78 is 62.7. The molecule has 3 nitrogen and oxygen atoms in total. The fraction of sp³-hybridized carbons (Fsp3) is 0.286. The Morgan fingerprint density at radius 1 is 1.27 bits per heavy atom. The van der Waals surface area contributed by atoms with Crippen molar-refractivity contribution in [2.24, 2.45) is 0 Å². The SMILES string of the molecule is Nc1nc(OC(F)(F)F)ccc1C(F)F. The summed E-state index contributed by atoms with van der Waals surface area (Å²) in [6, 6.07) is 1.40. The zero-order chi connectivity index (χ0) is 11.6. The molecule has 84 valence electrons. The van der Waals surface area contributed by atoms with Crippen LogP contribution < -0.4 is 10.5 Å². The van der Waals surface area contributed by atoms with Crippen LogP contribution in [0.1, 0.15) is 12.0 Å². The number of nitrogens with two attached hydrogens (primary N) is 1. The summed E-state index contributed by atoms with van der Waals surface area (Å²) in [5.74, 6) is -1.56. The van der Waals surface area contributed by atoms with E-state index < -0.39 is 30.0 Å². The second-order valence-electron chi connectivity index (χ2n) is 2.47. The first-order chi connectivity index (χ1) is 6.79. The van der Waals surface area contributed by atoms with Gasteiger partial charge in [0.1, 0.15) is 5.82 Å². The van der Waals surface area contributed by atoms with Gasteiger partial charge < -0.3 is 10.5 Å². The molecule has 0 atom stereocenters. The van der Waals surface area contributed by atoms with Crippen molar-refractivity contribution in [3.63, 3.8) is 0 Å². The Morgan fingerprint density at radius 2 is 1.87 bits per heavy atom. The van der Waals surface area contributed by atoms with Gasteiger partial charge in [0.25, 0.3) is 6.43 Å². The Kier molecular flexibility index (Phi) is 2.96. The van der Waals surface area contributed by atoms with Crippen LogP contribution in [0, 0.1) is 0 Å². The van der Waals surface area contributed by atoms with Crippen LogP contribution in [0.3, 0.4) is 0 Å². The van der Waals surface area contributed by atoms with E-state index in [0.717, 1.165) is 6.07 Å². The van der Waals surface area contributed by atoms with Gasteiger partial charge in [0.2, 0.25) is 5.88 Å². The molecule has 0 radical (unpaired) electrons. The van der Waals surface area contributed by atoms with Gasteiger partial charge in [0.15, 0.2) is 0 Å². The van der Waals surface area contributed by atoms with E-state index in [1.807, 2.05) is 0 Å². The molecule has 0 fully saturated rings. The molecule has 0 bridgehead atoms. The molecule has 0 aromatic carbocycles. The number of ether oxygens (including phenoxy) is 1. The highest BCUT2D eigenvalue weighted by molar-refractivity contribution is 5.42. The van der Waals surface area contributed by atoms with Gasteiger partial charge in [-0.2, -0.15) is 4.98 Å². The molecule has 0 spiro atoms. The lowest BCUT2D eigenvalue weighted by Crippen LogP contribution is -2.18. The zero-order valence-electron chi connectivity index (χ0n) is 7.05. The number of nitrogen functional groups attached to an aromatic ring is 1. The third kappa shape index (κ3) is 3.22. The summed E-state index contributed by atoms with van der Waals surface area (Å²) in [6.45, 7) is 0. The lowest BCUT2D eigenvalue weighted by atomic mass is 10.2. The molecule has 0 saturated heterocycles. The Bertz CT molecular complexity index is 352. The summed E-state index contributed by atoms with van der Waals surface area (Å²) in [4.78, 5) is 3.04. The van der Waals surface area contributed by atoms with E-state index in [-0.39, 0.29) is 0 Å². The van der Waals surface area contributed by atoms with Gasteiger partial charge in [-0.05, 0) is 6.07 Å². The largest absolute Gasteiger partial charge is 0.574 e. The van der Waals surface area contributed by atoms with Crippen LogP contribution >= 0.6 is 0 Å². The number of hydrogen-bond donors (Lipinski definition) is 1. The molecule has 0 aliphatic carbocycles. The first-order valence-electron chi connectivity index (χ1n) is 3.60. The molecule has 0 aliphatic heterocycles. The molecule has 0 aliphatic rings. The average molecular weight is 228 g/mol. The monoisotopic (exact) mass is 228 g/mol. The van der Waals surface area contributed by atoms with Crippen LogP contribution in [0.25, 0.3) is 0 Å². The number of aromatic nitrogens is 1. The topological polar surface area (TPSA) is 48.1 Å². The Balaban J connectivity index is 2.92. The van der Waals surface area contributed by atoms with E-state index in [0.29, 0.717) is 6.07 Å². The molecule has 0 saturated carbocycles. The zero-order valence-corrected chi connectivity index (χ0v) is 7.05. The molecular formula is C7H5F5N2O. The fourth-order valence-corrected chi connectivity index (χ4v) is 0.827. The van der Waals surface area contributed by atoms with E-state index in [2.05, 4.69) is 9.72 Å². The van der Waals surface area contributed by atoms with Crippen molar-refractivity contribution in [1.29, 1.82) is 0 Å². The summed E-state index contributed by atoms with van der Waals surface area (Å²) in [5.41, 5.74) is 4.37. The predicted molar refractivity (Wildman–Crippen MR) is 40.3 cm³/mol. The van der Waals surface area contributed by atoms with Crippen molar-refractivity contribution >= 4 is 5.82 Å². The van der Waals surface area contributed by atoms with E-state index >= 15 is 0 Å². The Hall–Kier alpha value is -1.60. The highest BCUT2D eigenvalue weighted by atomic mass is 19.4. The highest BCUT2D eigenvalue weighted by Gasteiger charge is 2.32. The maximum Gasteiger partial charge on any atom is 0.574 e. The molecule has 0 unspecified atom stereocenters. The van der Waals surface area contributed by atoms with E-state index in [4.69, 9.17) is 5.73 Å². The Labute approximate surface area is 80.7 Å². The number of rotatable bonds is 2. The molecule has 1 aromatic rings. The van der Waals surface area contributed by atoms with Gasteiger partial charge >= 0.3 is 6.36 Å². The van der Waals surface area contributed by atoms with Gasteiger partial charge in [0, 0.05) is 6.07 Å². The molecular weight excluding hydrogens is 223 g/mol. The standard InChI is InChI=1S/C7H5F5N2O/c8-5(9)3-1-2-4(14-6(3)13)15-7(10,11)12/h1-2,5H,(H2,13,14). The second-order valence-corrected chi connectivity index (χ2v) is 2.47. The lowest BCUT2D eigenvalue weighted by Gasteiger charge is -2.09. The molecule has 0 amide bonds. The molecule has 2 N–H and O–H groups in total. The summed E-state index contributed by atoms with van der Waals surface area (Å²) in [5, 5.41) is 0. The van der Waals surface area contributed by atoms with Gasteiger partial charge in [-0.3, -0.25) is 0 Å².